The van der Waals surface area contributed by atoms with Gasteiger partial charge in [-0.2, -0.15) is 0 Å². The third kappa shape index (κ3) is 3.89. The molecule has 0 aromatic heterocycles. The molecule has 0 unspecified atom stereocenters. The fraction of sp³-hybridized carbons (Fsp3) is 0.150. The van der Waals surface area contributed by atoms with Crippen molar-refractivity contribution >= 4 is 22.6 Å². The van der Waals surface area contributed by atoms with Crippen molar-refractivity contribution in [3.05, 3.63) is 78.4 Å². The Labute approximate surface area is 135 Å². The van der Waals surface area contributed by atoms with Crippen LogP contribution in [-0.2, 0) is 11.2 Å². The minimum atomic E-state index is -0.426. The Morgan fingerprint density at radius 3 is 2.48 bits per heavy atom. The second-order valence-corrected chi connectivity index (χ2v) is 5.56. The van der Waals surface area contributed by atoms with Crippen molar-refractivity contribution in [1.82, 2.24) is 0 Å². The zero-order valence-corrected chi connectivity index (χ0v) is 13.0. The van der Waals surface area contributed by atoms with Crippen molar-refractivity contribution in [2.24, 2.45) is 0 Å². The number of amides is 1. The monoisotopic (exact) mass is 305 g/mol. The quantitative estimate of drug-likeness (QED) is 0.735. The molecular weight excluding hydrogens is 286 g/mol. The molecule has 1 amide bonds. The Kier molecular flexibility index (Phi) is 4.57. The molecule has 0 aliphatic rings. The first-order valence-corrected chi connectivity index (χ1v) is 7.72. The normalized spacial score (nSPS) is 11.9. The van der Waals surface area contributed by atoms with Crippen LogP contribution in [0.2, 0.25) is 0 Å². The highest BCUT2D eigenvalue weighted by molar-refractivity contribution is 6.00. The minimum absolute atomic E-state index is 0.188. The van der Waals surface area contributed by atoms with Gasteiger partial charge in [-0.05, 0) is 23.9 Å². The van der Waals surface area contributed by atoms with Gasteiger partial charge in [0.25, 0.3) is 0 Å². The van der Waals surface area contributed by atoms with Crippen molar-refractivity contribution in [3.63, 3.8) is 0 Å². The summed E-state index contributed by atoms with van der Waals surface area (Å²) in [5, 5.41) is 4.93. The van der Waals surface area contributed by atoms with Gasteiger partial charge in [0.1, 0.15) is 6.10 Å². The number of ether oxygens (including phenoxy) is 1. The van der Waals surface area contributed by atoms with E-state index in [-0.39, 0.29) is 6.10 Å². The van der Waals surface area contributed by atoms with Crippen LogP contribution in [0.25, 0.3) is 10.8 Å². The van der Waals surface area contributed by atoms with E-state index in [1.807, 2.05) is 79.7 Å². The molecule has 3 rings (SSSR count). The number of carbonyl (C=O) groups is 1. The van der Waals surface area contributed by atoms with E-state index in [4.69, 9.17) is 4.74 Å². The number of benzene rings is 3. The second-order valence-electron chi connectivity index (χ2n) is 5.56. The largest absolute Gasteiger partial charge is 0.446 e. The summed E-state index contributed by atoms with van der Waals surface area (Å²) in [4.78, 5) is 12.1. The summed E-state index contributed by atoms with van der Waals surface area (Å²) >= 11 is 0. The van der Waals surface area contributed by atoms with Gasteiger partial charge in [0.2, 0.25) is 0 Å². The van der Waals surface area contributed by atoms with E-state index in [9.17, 15) is 4.79 Å². The summed E-state index contributed by atoms with van der Waals surface area (Å²) in [5.74, 6) is 0. The molecule has 0 fully saturated rings. The molecule has 23 heavy (non-hydrogen) atoms. The zero-order valence-electron chi connectivity index (χ0n) is 13.0. The van der Waals surface area contributed by atoms with Gasteiger partial charge in [0.15, 0.2) is 0 Å². The van der Waals surface area contributed by atoms with Crippen LogP contribution in [0.4, 0.5) is 10.5 Å². The van der Waals surface area contributed by atoms with Gasteiger partial charge in [-0.15, -0.1) is 0 Å². The highest BCUT2D eigenvalue weighted by Crippen LogP contribution is 2.23. The Morgan fingerprint density at radius 1 is 0.957 bits per heavy atom. The van der Waals surface area contributed by atoms with E-state index in [0.29, 0.717) is 6.42 Å². The fourth-order valence-electron chi connectivity index (χ4n) is 2.64. The van der Waals surface area contributed by atoms with E-state index in [2.05, 4.69) is 5.32 Å². The number of hydrogen-bond donors (Lipinski definition) is 1. The molecule has 3 aromatic rings. The average Bonchev–Trinajstić information content (AvgIpc) is 2.56. The molecule has 3 aromatic carbocycles. The van der Waals surface area contributed by atoms with E-state index in [0.717, 1.165) is 22.0 Å². The Morgan fingerprint density at radius 2 is 1.65 bits per heavy atom. The molecule has 0 bridgehead atoms. The van der Waals surface area contributed by atoms with E-state index >= 15 is 0 Å². The smallest absolute Gasteiger partial charge is 0.411 e. The Balaban J connectivity index is 1.64. The number of rotatable bonds is 4. The first-order valence-electron chi connectivity index (χ1n) is 7.72. The highest BCUT2D eigenvalue weighted by atomic mass is 16.6. The molecule has 0 saturated heterocycles. The van der Waals surface area contributed by atoms with Gasteiger partial charge in [-0.3, -0.25) is 5.32 Å². The summed E-state index contributed by atoms with van der Waals surface area (Å²) in [5.41, 5.74) is 1.91. The first kappa shape index (κ1) is 15.1. The lowest BCUT2D eigenvalue weighted by molar-refractivity contribution is 0.121. The number of anilines is 1. The number of carbonyl (C=O) groups excluding carboxylic acids is 1. The van der Waals surface area contributed by atoms with Crippen LogP contribution in [0, 0.1) is 0 Å². The molecule has 0 saturated carbocycles. The summed E-state index contributed by atoms with van der Waals surface area (Å²) in [7, 11) is 0. The van der Waals surface area contributed by atoms with Crippen molar-refractivity contribution in [1.29, 1.82) is 0 Å². The van der Waals surface area contributed by atoms with Crippen LogP contribution >= 0.6 is 0 Å². The summed E-state index contributed by atoms with van der Waals surface area (Å²) in [6.07, 6.45) is 0.0845. The molecule has 3 nitrogen and oxygen atoms in total. The molecule has 3 heteroatoms. The molecule has 1 N–H and O–H groups in total. The van der Waals surface area contributed by atoms with Crippen LogP contribution in [0.3, 0.4) is 0 Å². The topological polar surface area (TPSA) is 38.3 Å². The standard InChI is InChI=1S/C20H19NO2/c1-15(14-16-8-3-2-4-9-16)23-20(22)21-19-13-7-11-17-10-5-6-12-18(17)19/h2-13,15H,14H2,1H3,(H,21,22)/t15-/m1/s1. The van der Waals surface area contributed by atoms with Gasteiger partial charge >= 0.3 is 6.09 Å². The molecule has 0 spiro atoms. The van der Waals surface area contributed by atoms with Crippen molar-refractivity contribution in [2.75, 3.05) is 5.32 Å². The minimum Gasteiger partial charge on any atom is -0.446 e. The van der Waals surface area contributed by atoms with E-state index in [1.165, 1.54) is 0 Å². The van der Waals surface area contributed by atoms with Gasteiger partial charge in [0, 0.05) is 11.8 Å². The van der Waals surface area contributed by atoms with E-state index in [1.54, 1.807) is 0 Å². The second kappa shape index (κ2) is 6.97. The van der Waals surface area contributed by atoms with Gasteiger partial charge in [0.05, 0.1) is 5.69 Å². The summed E-state index contributed by atoms with van der Waals surface area (Å²) in [6, 6.07) is 23.8. The van der Waals surface area contributed by atoms with Crippen molar-refractivity contribution in [3.8, 4) is 0 Å². The first-order chi connectivity index (χ1) is 11.2. The summed E-state index contributed by atoms with van der Waals surface area (Å²) in [6.45, 7) is 1.90. The van der Waals surface area contributed by atoms with Gasteiger partial charge in [-0.25, -0.2) is 4.79 Å². The lowest BCUT2D eigenvalue weighted by atomic mass is 10.1. The zero-order chi connectivity index (χ0) is 16.1. The molecule has 116 valence electrons. The molecular formula is C20H19NO2. The predicted octanol–water partition coefficient (Wildman–Crippen LogP) is 5.02. The van der Waals surface area contributed by atoms with Crippen LogP contribution in [-0.4, -0.2) is 12.2 Å². The Hall–Kier alpha value is -2.81. The fourth-order valence-corrected chi connectivity index (χ4v) is 2.64. The van der Waals surface area contributed by atoms with Crippen molar-refractivity contribution in [2.45, 2.75) is 19.4 Å². The molecule has 1 atom stereocenters. The van der Waals surface area contributed by atoms with Gasteiger partial charge in [-0.1, -0.05) is 66.7 Å². The van der Waals surface area contributed by atoms with E-state index < -0.39 is 6.09 Å². The Bertz CT molecular complexity index is 794. The maximum Gasteiger partial charge on any atom is 0.411 e. The third-order valence-electron chi connectivity index (χ3n) is 3.70. The molecule has 0 aliphatic carbocycles. The van der Waals surface area contributed by atoms with Crippen LogP contribution in [0.15, 0.2) is 72.8 Å². The van der Waals surface area contributed by atoms with Crippen LogP contribution in [0.1, 0.15) is 12.5 Å². The van der Waals surface area contributed by atoms with Gasteiger partial charge < -0.3 is 4.74 Å². The maximum atomic E-state index is 12.1. The van der Waals surface area contributed by atoms with Crippen LogP contribution < -0.4 is 5.32 Å². The SMILES string of the molecule is C[C@H](Cc1ccccc1)OC(=O)Nc1cccc2ccccc12. The molecule has 0 radical (unpaired) electrons. The predicted molar refractivity (Wildman–Crippen MR) is 93.7 cm³/mol. The lowest BCUT2D eigenvalue weighted by Crippen LogP contribution is -2.22. The molecule has 0 aliphatic heterocycles. The lowest BCUT2D eigenvalue weighted by Gasteiger charge is -2.15. The number of fused-ring (bicyclic) bond motifs is 1. The average molecular weight is 305 g/mol. The summed E-state index contributed by atoms with van der Waals surface area (Å²) < 4.78 is 5.46. The van der Waals surface area contributed by atoms with Crippen LogP contribution in [0.5, 0.6) is 0 Å². The third-order valence-corrected chi connectivity index (χ3v) is 3.70. The maximum absolute atomic E-state index is 12.1. The molecule has 0 heterocycles. The number of nitrogens with one attached hydrogen (secondary N) is 1. The highest BCUT2D eigenvalue weighted by Gasteiger charge is 2.11. The van der Waals surface area contributed by atoms with Crippen molar-refractivity contribution < 1.29 is 9.53 Å². The number of hydrogen-bond acceptors (Lipinski definition) is 2.